The third-order valence-corrected chi connectivity index (χ3v) is 4.63. The number of urea groups is 1. The molecule has 6 heteroatoms. The van der Waals surface area contributed by atoms with Gasteiger partial charge < -0.3 is 15.5 Å². The van der Waals surface area contributed by atoms with Crippen LogP contribution in [0.15, 0.2) is 48.7 Å². The van der Waals surface area contributed by atoms with Crippen molar-refractivity contribution < 1.29 is 4.79 Å². The monoisotopic (exact) mass is 353 g/mol. The Morgan fingerprint density at radius 1 is 1.19 bits per heavy atom. The van der Waals surface area contributed by atoms with Crippen LogP contribution >= 0.6 is 0 Å². The van der Waals surface area contributed by atoms with Gasteiger partial charge in [0.25, 0.3) is 0 Å². The maximum atomic E-state index is 12.3. The Kier molecular flexibility index (Phi) is 6.07. The van der Waals surface area contributed by atoms with E-state index in [1.807, 2.05) is 31.1 Å². The largest absolute Gasteiger partial charge is 0.363 e. The smallest absolute Gasteiger partial charge is 0.319 e. The number of piperidine rings is 1. The number of carbonyl (C=O) groups excluding carboxylic acids is 1. The first kappa shape index (κ1) is 18.2. The first-order valence-electron chi connectivity index (χ1n) is 9.07. The zero-order chi connectivity index (χ0) is 18.4. The summed E-state index contributed by atoms with van der Waals surface area (Å²) in [4.78, 5) is 20.9. The molecule has 0 saturated carbocycles. The summed E-state index contributed by atoms with van der Waals surface area (Å²) in [7, 11) is 3.85. The number of likely N-dealkylation sites (tertiary alicyclic amines) is 1. The van der Waals surface area contributed by atoms with Crippen LogP contribution < -0.4 is 15.5 Å². The predicted molar refractivity (Wildman–Crippen MR) is 105 cm³/mol. The third kappa shape index (κ3) is 5.20. The second-order valence-electron chi connectivity index (χ2n) is 6.93. The third-order valence-electron chi connectivity index (χ3n) is 4.63. The fourth-order valence-corrected chi connectivity index (χ4v) is 3.17. The van der Waals surface area contributed by atoms with Crippen LogP contribution in [0.4, 0.5) is 16.3 Å². The number of benzene rings is 1. The number of hydrogen-bond donors (Lipinski definition) is 2. The van der Waals surface area contributed by atoms with Gasteiger partial charge in [0.2, 0.25) is 0 Å². The van der Waals surface area contributed by atoms with Crippen molar-refractivity contribution in [2.45, 2.75) is 25.4 Å². The van der Waals surface area contributed by atoms with Gasteiger partial charge in [0, 0.05) is 57.7 Å². The minimum atomic E-state index is -0.151. The van der Waals surface area contributed by atoms with Gasteiger partial charge in [0.05, 0.1) is 0 Å². The number of anilines is 2. The Morgan fingerprint density at radius 2 is 1.92 bits per heavy atom. The molecule has 0 unspecified atom stereocenters. The Bertz CT molecular complexity index is 711. The second-order valence-corrected chi connectivity index (χ2v) is 6.93. The van der Waals surface area contributed by atoms with Crippen LogP contribution in [0.5, 0.6) is 0 Å². The highest BCUT2D eigenvalue weighted by molar-refractivity contribution is 5.89. The van der Waals surface area contributed by atoms with Crippen LogP contribution in [0.3, 0.4) is 0 Å². The molecular formula is C20H27N5O. The number of amides is 2. The summed E-state index contributed by atoms with van der Waals surface area (Å²) < 4.78 is 0. The number of aromatic nitrogens is 1. The normalized spacial score (nSPS) is 15.5. The summed E-state index contributed by atoms with van der Waals surface area (Å²) in [5.74, 6) is 0.817. The SMILES string of the molecule is CN(C)c1cc(NC(=O)NC2CCN(Cc3ccccc3)CC2)ccn1. The van der Waals surface area contributed by atoms with E-state index in [1.165, 1.54) is 5.56 Å². The average Bonchev–Trinajstić information content (AvgIpc) is 2.64. The fraction of sp³-hybridized carbons (Fsp3) is 0.400. The first-order chi connectivity index (χ1) is 12.6. The van der Waals surface area contributed by atoms with Crippen molar-refractivity contribution in [3.8, 4) is 0 Å². The molecule has 0 spiro atoms. The summed E-state index contributed by atoms with van der Waals surface area (Å²) in [6, 6.07) is 14.3. The van der Waals surface area contributed by atoms with Gasteiger partial charge in [-0.25, -0.2) is 9.78 Å². The molecule has 138 valence electrons. The van der Waals surface area contributed by atoms with Crippen molar-refractivity contribution in [2.75, 3.05) is 37.4 Å². The van der Waals surface area contributed by atoms with E-state index in [0.717, 1.165) is 44.0 Å². The topological polar surface area (TPSA) is 60.5 Å². The highest BCUT2D eigenvalue weighted by Crippen LogP contribution is 2.16. The van der Waals surface area contributed by atoms with Gasteiger partial charge in [-0.3, -0.25) is 4.90 Å². The van der Waals surface area contributed by atoms with Crippen molar-refractivity contribution >= 4 is 17.5 Å². The standard InChI is InChI=1S/C20H27N5O/c1-24(2)19-14-18(8-11-21-19)23-20(26)22-17-9-12-25(13-10-17)15-16-6-4-3-5-7-16/h3-8,11,14,17H,9-10,12-13,15H2,1-2H3,(H2,21,22,23,26). The molecule has 2 N–H and O–H groups in total. The number of nitrogens with one attached hydrogen (secondary N) is 2. The highest BCUT2D eigenvalue weighted by Gasteiger charge is 2.20. The van der Waals surface area contributed by atoms with Gasteiger partial charge in [0.15, 0.2) is 0 Å². The van der Waals surface area contributed by atoms with Crippen LogP contribution in [0, 0.1) is 0 Å². The van der Waals surface area contributed by atoms with E-state index in [-0.39, 0.29) is 12.1 Å². The molecule has 1 saturated heterocycles. The average molecular weight is 353 g/mol. The molecular weight excluding hydrogens is 326 g/mol. The summed E-state index contributed by atoms with van der Waals surface area (Å²) in [6.45, 7) is 2.98. The van der Waals surface area contributed by atoms with Gasteiger partial charge in [-0.05, 0) is 24.5 Å². The lowest BCUT2D eigenvalue weighted by Crippen LogP contribution is -2.45. The molecule has 0 aliphatic carbocycles. The van der Waals surface area contributed by atoms with Crippen LogP contribution in [0.2, 0.25) is 0 Å². The minimum Gasteiger partial charge on any atom is -0.363 e. The molecule has 1 fully saturated rings. The van der Waals surface area contributed by atoms with E-state index in [9.17, 15) is 4.79 Å². The molecule has 26 heavy (non-hydrogen) atoms. The Labute approximate surface area is 155 Å². The van der Waals surface area contributed by atoms with Gasteiger partial charge in [-0.1, -0.05) is 30.3 Å². The first-order valence-corrected chi connectivity index (χ1v) is 9.07. The molecule has 1 aromatic heterocycles. The van der Waals surface area contributed by atoms with E-state index >= 15 is 0 Å². The molecule has 0 bridgehead atoms. The molecule has 2 aromatic rings. The van der Waals surface area contributed by atoms with Crippen LogP contribution in [-0.4, -0.2) is 49.1 Å². The van der Waals surface area contributed by atoms with Gasteiger partial charge in [-0.15, -0.1) is 0 Å². The van der Waals surface area contributed by atoms with Crippen molar-refractivity contribution in [2.24, 2.45) is 0 Å². The number of pyridine rings is 1. The maximum Gasteiger partial charge on any atom is 0.319 e. The number of rotatable bonds is 5. The molecule has 0 radical (unpaired) electrons. The summed E-state index contributed by atoms with van der Waals surface area (Å²) >= 11 is 0. The molecule has 3 rings (SSSR count). The molecule has 2 amide bonds. The van der Waals surface area contributed by atoms with Crippen LogP contribution in [-0.2, 0) is 6.54 Å². The van der Waals surface area contributed by atoms with Crippen LogP contribution in [0.25, 0.3) is 0 Å². The number of carbonyl (C=O) groups is 1. The second kappa shape index (κ2) is 8.67. The lowest BCUT2D eigenvalue weighted by molar-refractivity contribution is 0.190. The molecule has 2 heterocycles. The lowest BCUT2D eigenvalue weighted by atomic mass is 10.0. The fourth-order valence-electron chi connectivity index (χ4n) is 3.17. The van der Waals surface area contributed by atoms with Gasteiger partial charge >= 0.3 is 6.03 Å². The lowest BCUT2D eigenvalue weighted by Gasteiger charge is -2.32. The van der Waals surface area contributed by atoms with E-state index in [1.54, 1.807) is 12.3 Å². The zero-order valence-corrected chi connectivity index (χ0v) is 15.5. The molecule has 1 aromatic carbocycles. The molecule has 1 aliphatic heterocycles. The minimum absolute atomic E-state index is 0.151. The summed E-state index contributed by atoms with van der Waals surface area (Å²) in [5.41, 5.74) is 2.09. The molecule has 6 nitrogen and oxygen atoms in total. The number of hydrogen-bond acceptors (Lipinski definition) is 4. The van der Waals surface area contributed by atoms with Crippen molar-refractivity contribution in [1.82, 2.24) is 15.2 Å². The van der Waals surface area contributed by atoms with Gasteiger partial charge in [-0.2, -0.15) is 0 Å². The summed E-state index contributed by atoms with van der Waals surface area (Å²) in [5, 5.41) is 5.99. The quantitative estimate of drug-likeness (QED) is 0.868. The van der Waals surface area contributed by atoms with E-state index in [4.69, 9.17) is 0 Å². The van der Waals surface area contributed by atoms with Crippen molar-refractivity contribution in [3.05, 3.63) is 54.2 Å². The number of nitrogens with zero attached hydrogens (tertiary/aromatic N) is 3. The highest BCUT2D eigenvalue weighted by atomic mass is 16.2. The van der Waals surface area contributed by atoms with E-state index < -0.39 is 0 Å². The Morgan fingerprint density at radius 3 is 2.62 bits per heavy atom. The molecule has 1 aliphatic rings. The van der Waals surface area contributed by atoms with E-state index in [0.29, 0.717) is 0 Å². The predicted octanol–water partition coefficient (Wildman–Crippen LogP) is 2.93. The Balaban J connectivity index is 1.44. The van der Waals surface area contributed by atoms with Crippen molar-refractivity contribution in [1.29, 1.82) is 0 Å². The van der Waals surface area contributed by atoms with Crippen LogP contribution in [0.1, 0.15) is 18.4 Å². The van der Waals surface area contributed by atoms with Crippen molar-refractivity contribution in [3.63, 3.8) is 0 Å². The Hall–Kier alpha value is -2.60. The summed E-state index contributed by atoms with van der Waals surface area (Å²) in [6.07, 6.45) is 3.64. The maximum absolute atomic E-state index is 12.3. The van der Waals surface area contributed by atoms with Gasteiger partial charge in [0.1, 0.15) is 5.82 Å². The van der Waals surface area contributed by atoms with E-state index in [2.05, 4.69) is 44.8 Å². The zero-order valence-electron chi connectivity index (χ0n) is 15.5. The molecule has 0 atom stereocenters.